The molecule has 1 amide bonds. The van der Waals surface area contributed by atoms with E-state index in [1.165, 1.54) is 30.6 Å². The number of fused-ring (bicyclic) bond motifs is 9. The number of alkyl halides is 2. The van der Waals surface area contributed by atoms with Crippen LogP contribution in [0.2, 0.25) is 0 Å². The van der Waals surface area contributed by atoms with Gasteiger partial charge >= 0.3 is 6.61 Å². The molecule has 3 aromatic heterocycles. The molecule has 212 valence electrons. The smallest absolute Gasteiger partial charge is 0.387 e. The average molecular weight is 566 g/mol. The van der Waals surface area contributed by atoms with Gasteiger partial charge in [-0.05, 0) is 42.9 Å². The van der Waals surface area contributed by atoms with Gasteiger partial charge in [-0.25, -0.2) is 14.4 Å². The number of aliphatic hydroxyl groups excluding tert-OH is 1. The van der Waals surface area contributed by atoms with Crippen LogP contribution in [0.5, 0.6) is 5.75 Å². The summed E-state index contributed by atoms with van der Waals surface area (Å²) in [5.41, 5.74) is 0.932. The Morgan fingerprint density at radius 3 is 2.66 bits per heavy atom. The van der Waals surface area contributed by atoms with E-state index >= 15 is 4.39 Å². The van der Waals surface area contributed by atoms with Gasteiger partial charge in [0.2, 0.25) is 5.78 Å². The Morgan fingerprint density at radius 1 is 1.20 bits per heavy atom. The number of ether oxygens (including phenoxy) is 1. The predicted octanol–water partition coefficient (Wildman–Crippen LogP) is 4.17. The molecule has 0 saturated heterocycles. The summed E-state index contributed by atoms with van der Waals surface area (Å²) < 4.78 is 48.6. The number of carbonyl (C=O) groups excluding carboxylic acids is 1. The molecule has 2 unspecified atom stereocenters. The minimum absolute atomic E-state index is 0.0642. The largest absolute Gasteiger partial charge is 0.434 e. The molecule has 3 aliphatic rings. The molecule has 4 aromatic rings. The molecule has 0 spiro atoms. The Kier molecular flexibility index (Phi) is 5.52. The summed E-state index contributed by atoms with van der Waals surface area (Å²) in [6.07, 6.45) is 5.57. The number of aliphatic hydroxyl groups is 2. The first kappa shape index (κ1) is 25.9. The van der Waals surface area contributed by atoms with E-state index < -0.39 is 35.4 Å². The second kappa shape index (κ2) is 8.73. The van der Waals surface area contributed by atoms with E-state index in [1.54, 1.807) is 28.6 Å². The van der Waals surface area contributed by atoms with Crippen LogP contribution in [0.15, 0.2) is 42.9 Å². The second-order valence-corrected chi connectivity index (χ2v) is 11.6. The van der Waals surface area contributed by atoms with Gasteiger partial charge in [0.25, 0.3) is 5.91 Å². The van der Waals surface area contributed by atoms with Gasteiger partial charge in [0.1, 0.15) is 22.9 Å². The molecular weight excluding hydrogens is 539 g/mol. The second-order valence-electron chi connectivity index (χ2n) is 11.6. The highest BCUT2D eigenvalue weighted by molar-refractivity contribution is 5.98. The third-order valence-electron chi connectivity index (χ3n) is 8.73. The first-order valence-electron chi connectivity index (χ1n) is 13.2. The molecule has 1 aliphatic heterocycles. The number of hydrogen-bond donors (Lipinski definition) is 2. The van der Waals surface area contributed by atoms with Crippen LogP contribution >= 0.6 is 0 Å². The van der Waals surface area contributed by atoms with Crippen LogP contribution in [0.1, 0.15) is 71.1 Å². The number of pyridine rings is 1. The summed E-state index contributed by atoms with van der Waals surface area (Å²) in [6, 6.07) is 5.44. The zero-order valence-electron chi connectivity index (χ0n) is 22.2. The minimum atomic E-state index is -3.06. The quantitative estimate of drug-likeness (QED) is 0.374. The third kappa shape index (κ3) is 3.77. The van der Waals surface area contributed by atoms with Gasteiger partial charge in [-0.2, -0.15) is 8.78 Å². The number of amides is 1. The van der Waals surface area contributed by atoms with Crippen molar-refractivity contribution >= 4 is 11.7 Å². The standard InChI is InChI=1S/C29H26F3N5O4/c1-28(13-38)11-29(40,12-28)24-18(30)6-14(8-33-24)15-9-34-27-35-22-19-7-17(23(22)37(27)10-15)21-16(25(39)36(19)2)4-3-5-20(21)41-26(31)32/h3-6,8-10,17,19,26,38,40H,7,11-13H2,1-2H3. The van der Waals surface area contributed by atoms with E-state index in [9.17, 15) is 23.8 Å². The summed E-state index contributed by atoms with van der Waals surface area (Å²) in [5, 5.41) is 20.4. The molecule has 1 fully saturated rings. The highest BCUT2D eigenvalue weighted by Gasteiger charge is 2.53. The van der Waals surface area contributed by atoms with Crippen molar-refractivity contribution in [2.45, 2.75) is 50.4 Å². The van der Waals surface area contributed by atoms with Crippen molar-refractivity contribution in [3.63, 3.8) is 0 Å². The average Bonchev–Trinajstić information content (AvgIpc) is 3.44. The minimum Gasteiger partial charge on any atom is -0.434 e. The molecule has 12 heteroatoms. The molecule has 7 rings (SSSR count). The van der Waals surface area contributed by atoms with Crippen LogP contribution in [0, 0.1) is 11.2 Å². The topological polar surface area (TPSA) is 113 Å². The molecule has 2 atom stereocenters. The molecule has 0 radical (unpaired) electrons. The van der Waals surface area contributed by atoms with Crippen molar-refractivity contribution < 1.29 is 32.9 Å². The lowest BCUT2D eigenvalue weighted by atomic mass is 9.59. The maximum atomic E-state index is 15.3. The van der Waals surface area contributed by atoms with Crippen LogP contribution < -0.4 is 4.74 Å². The van der Waals surface area contributed by atoms with Crippen LogP contribution in [0.3, 0.4) is 0 Å². The van der Waals surface area contributed by atoms with E-state index in [0.717, 1.165) is 0 Å². The summed E-state index contributed by atoms with van der Waals surface area (Å²) in [7, 11) is 1.66. The van der Waals surface area contributed by atoms with Gasteiger partial charge in [-0.1, -0.05) is 13.0 Å². The highest BCUT2D eigenvalue weighted by atomic mass is 19.3. The summed E-state index contributed by atoms with van der Waals surface area (Å²) in [5.74, 6) is -1.17. The maximum Gasteiger partial charge on any atom is 0.387 e. The Bertz CT molecular complexity index is 1740. The maximum absolute atomic E-state index is 15.3. The van der Waals surface area contributed by atoms with Gasteiger partial charge in [-0.3, -0.25) is 14.2 Å². The van der Waals surface area contributed by atoms with E-state index in [1.807, 2.05) is 6.92 Å². The Morgan fingerprint density at radius 2 is 1.95 bits per heavy atom. The number of rotatable bonds is 5. The van der Waals surface area contributed by atoms with Crippen LogP contribution in [-0.2, 0) is 5.60 Å². The number of benzene rings is 1. The predicted molar refractivity (Wildman–Crippen MR) is 139 cm³/mol. The molecule has 2 N–H and O–H groups in total. The lowest BCUT2D eigenvalue weighted by Gasteiger charge is -2.50. The van der Waals surface area contributed by atoms with Gasteiger partial charge in [0.05, 0.1) is 17.4 Å². The van der Waals surface area contributed by atoms with E-state index in [2.05, 4.69) is 9.97 Å². The zero-order valence-corrected chi connectivity index (χ0v) is 22.2. The van der Waals surface area contributed by atoms with Gasteiger partial charge in [0.15, 0.2) is 0 Å². The molecule has 4 heterocycles. The van der Waals surface area contributed by atoms with Crippen molar-refractivity contribution in [1.29, 1.82) is 0 Å². The van der Waals surface area contributed by atoms with Crippen LogP contribution in [0.4, 0.5) is 13.2 Å². The van der Waals surface area contributed by atoms with Crippen molar-refractivity contribution in [1.82, 2.24) is 24.3 Å². The molecular formula is C29H26F3N5O4. The third-order valence-corrected chi connectivity index (χ3v) is 8.73. The number of carbonyl (C=O) groups is 1. The van der Waals surface area contributed by atoms with Crippen molar-refractivity contribution in [2.75, 3.05) is 13.7 Å². The Hall–Kier alpha value is -4.03. The van der Waals surface area contributed by atoms with Crippen molar-refractivity contribution in [3.05, 3.63) is 76.9 Å². The molecule has 1 aromatic carbocycles. The Balaban J connectivity index is 1.32. The highest BCUT2D eigenvalue weighted by Crippen LogP contribution is 2.54. The number of hydrogen-bond acceptors (Lipinski definition) is 7. The molecule has 41 heavy (non-hydrogen) atoms. The lowest BCUT2D eigenvalue weighted by Crippen LogP contribution is -2.50. The molecule has 1 saturated carbocycles. The number of halogens is 3. The number of imidazole rings is 1. The lowest BCUT2D eigenvalue weighted by molar-refractivity contribution is -0.148. The number of aromatic nitrogens is 4. The van der Waals surface area contributed by atoms with Gasteiger partial charge in [0, 0.05) is 60.4 Å². The summed E-state index contributed by atoms with van der Waals surface area (Å²) in [4.78, 5) is 28.3. The fourth-order valence-corrected chi connectivity index (χ4v) is 6.95. The SMILES string of the molecule is CN1C(=O)c2cccc(OC(F)F)c2C2CC1c1nc3ncc(-c4cnc(C5(O)CC(C)(CO)C5)c(F)c4)cn3c12. The van der Waals surface area contributed by atoms with E-state index in [4.69, 9.17) is 9.72 Å². The molecule has 2 bridgehead atoms. The first-order chi connectivity index (χ1) is 19.5. The van der Waals surface area contributed by atoms with Gasteiger partial charge < -0.3 is 19.8 Å². The van der Waals surface area contributed by atoms with E-state index in [-0.39, 0.29) is 42.4 Å². The number of nitrogens with zero attached hydrogens (tertiary/aromatic N) is 5. The molecule has 9 nitrogen and oxygen atoms in total. The first-order valence-corrected chi connectivity index (χ1v) is 13.2. The Labute approximate surface area is 232 Å². The van der Waals surface area contributed by atoms with Crippen LogP contribution in [0.25, 0.3) is 16.9 Å². The van der Waals surface area contributed by atoms with Gasteiger partial charge in [-0.15, -0.1) is 0 Å². The summed E-state index contributed by atoms with van der Waals surface area (Å²) in [6.45, 7) is -1.35. The molecule has 2 aliphatic carbocycles. The zero-order chi connectivity index (χ0) is 28.8. The fourth-order valence-electron chi connectivity index (χ4n) is 6.95. The van der Waals surface area contributed by atoms with Crippen molar-refractivity contribution in [3.8, 4) is 16.9 Å². The summed E-state index contributed by atoms with van der Waals surface area (Å²) >= 11 is 0. The van der Waals surface area contributed by atoms with E-state index in [0.29, 0.717) is 40.3 Å². The fraction of sp³-hybridized carbons (Fsp3) is 0.379. The normalized spacial score (nSPS) is 26.6. The monoisotopic (exact) mass is 565 g/mol. The van der Waals surface area contributed by atoms with Crippen LogP contribution in [-0.4, -0.2) is 60.6 Å². The van der Waals surface area contributed by atoms with Crippen molar-refractivity contribution in [2.24, 2.45) is 5.41 Å².